The smallest absolute Gasteiger partial charge is 0.300 e. The predicted molar refractivity (Wildman–Crippen MR) is 138 cm³/mol. The number of benzene rings is 3. The van der Waals surface area contributed by atoms with Crippen LogP contribution in [0, 0.1) is 13.8 Å². The highest BCUT2D eigenvalue weighted by Gasteiger charge is 2.47. The summed E-state index contributed by atoms with van der Waals surface area (Å²) in [7, 11) is 3.09. The molecule has 1 aliphatic heterocycles. The van der Waals surface area contributed by atoms with Crippen molar-refractivity contribution in [2.75, 3.05) is 25.7 Å². The van der Waals surface area contributed by atoms with E-state index in [4.69, 9.17) is 14.2 Å². The lowest BCUT2D eigenvalue weighted by Crippen LogP contribution is -2.30. The highest BCUT2D eigenvalue weighted by molar-refractivity contribution is 6.51. The fourth-order valence-electron chi connectivity index (χ4n) is 4.51. The fraction of sp³-hybridized carbons (Fsp3) is 0.241. The monoisotopic (exact) mass is 487 g/mol. The van der Waals surface area contributed by atoms with Crippen LogP contribution in [0.4, 0.5) is 5.69 Å². The maximum Gasteiger partial charge on any atom is 0.300 e. The number of hydrogen-bond donors (Lipinski definition) is 1. The highest BCUT2D eigenvalue weighted by Crippen LogP contribution is 2.45. The first kappa shape index (κ1) is 24.9. The molecule has 0 aliphatic carbocycles. The molecule has 0 aromatic heterocycles. The van der Waals surface area contributed by atoms with Crippen molar-refractivity contribution in [3.63, 3.8) is 0 Å². The lowest BCUT2D eigenvalue weighted by molar-refractivity contribution is -0.132. The second-order valence-electron chi connectivity index (χ2n) is 8.53. The van der Waals surface area contributed by atoms with Crippen molar-refractivity contribution in [1.29, 1.82) is 0 Å². The predicted octanol–water partition coefficient (Wildman–Crippen LogP) is 5.35. The summed E-state index contributed by atoms with van der Waals surface area (Å²) in [5, 5.41) is 11.3. The van der Waals surface area contributed by atoms with Crippen molar-refractivity contribution in [2.24, 2.45) is 0 Å². The Morgan fingerprint density at radius 1 is 0.917 bits per heavy atom. The summed E-state index contributed by atoms with van der Waals surface area (Å²) in [5.74, 6) is -0.123. The van der Waals surface area contributed by atoms with Crippen molar-refractivity contribution in [1.82, 2.24) is 0 Å². The number of amides is 1. The van der Waals surface area contributed by atoms with Gasteiger partial charge in [-0.25, -0.2) is 0 Å². The summed E-state index contributed by atoms with van der Waals surface area (Å²) < 4.78 is 16.4. The summed E-state index contributed by atoms with van der Waals surface area (Å²) >= 11 is 0. The number of aliphatic hydroxyl groups excluding tert-OH is 1. The molecule has 1 heterocycles. The van der Waals surface area contributed by atoms with E-state index in [0.29, 0.717) is 40.7 Å². The van der Waals surface area contributed by atoms with E-state index in [0.717, 1.165) is 11.1 Å². The number of Topliss-reactive ketones (excluding diaryl/α,β-unsaturated/α-hetero) is 1. The number of hydrogen-bond acceptors (Lipinski definition) is 6. The normalized spacial score (nSPS) is 16.8. The molecule has 1 atom stereocenters. The van der Waals surface area contributed by atoms with Gasteiger partial charge in [-0.05, 0) is 74.4 Å². The van der Waals surface area contributed by atoms with E-state index < -0.39 is 17.7 Å². The Morgan fingerprint density at radius 2 is 1.64 bits per heavy atom. The Morgan fingerprint density at radius 3 is 2.25 bits per heavy atom. The number of aryl methyl sites for hydroxylation is 2. The molecule has 0 radical (unpaired) electrons. The number of methoxy groups -OCH3 is 2. The number of carbonyl (C=O) groups excluding carboxylic acids is 2. The standard InChI is InChI=1S/C29H29NO6/c1-6-36-24-16-20(10-14-23(24)35-5)26-25(27(31)19-8-11-21(34-4)12-9-19)28(32)29(33)30(26)22-13-7-17(2)15-18(22)3/h7-16,26,31H,6H2,1-5H3/b27-25+. The van der Waals surface area contributed by atoms with Gasteiger partial charge in [-0.3, -0.25) is 14.5 Å². The number of anilines is 1. The van der Waals surface area contributed by atoms with E-state index >= 15 is 0 Å². The summed E-state index contributed by atoms with van der Waals surface area (Å²) in [4.78, 5) is 28.3. The molecule has 1 amide bonds. The molecule has 1 N–H and O–H groups in total. The molecule has 1 unspecified atom stereocenters. The SMILES string of the molecule is CCOc1cc(C2/C(=C(\O)c3ccc(OC)cc3)C(=O)C(=O)N2c2ccc(C)cc2C)ccc1OC. The minimum atomic E-state index is -0.876. The molecule has 0 spiro atoms. The zero-order chi connectivity index (χ0) is 26.0. The molecule has 7 heteroatoms. The van der Waals surface area contributed by atoms with Crippen molar-refractivity contribution in [3.8, 4) is 17.2 Å². The second kappa shape index (κ2) is 10.2. The van der Waals surface area contributed by atoms with Crippen LogP contribution >= 0.6 is 0 Å². The first-order valence-electron chi connectivity index (χ1n) is 11.6. The fourth-order valence-corrected chi connectivity index (χ4v) is 4.51. The molecular weight excluding hydrogens is 458 g/mol. The highest BCUT2D eigenvalue weighted by atomic mass is 16.5. The van der Waals surface area contributed by atoms with Gasteiger partial charge >= 0.3 is 0 Å². The van der Waals surface area contributed by atoms with E-state index in [2.05, 4.69) is 0 Å². The van der Waals surface area contributed by atoms with Crippen molar-refractivity contribution in [2.45, 2.75) is 26.8 Å². The van der Waals surface area contributed by atoms with E-state index in [1.165, 1.54) is 4.90 Å². The molecule has 4 rings (SSSR count). The number of ketones is 1. The van der Waals surface area contributed by atoms with Gasteiger partial charge in [0.15, 0.2) is 11.5 Å². The largest absolute Gasteiger partial charge is 0.507 e. The van der Waals surface area contributed by atoms with E-state index in [9.17, 15) is 14.7 Å². The Kier molecular flexibility index (Phi) is 7.01. The topological polar surface area (TPSA) is 85.3 Å². The van der Waals surface area contributed by atoms with Gasteiger partial charge in [0.25, 0.3) is 11.7 Å². The Hall–Kier alpha value is -4.26. The average Bonchev–Trinajstić information content (AvgIpc) is 3.14. The molecule has 186 valence electrons. The van der Waals surface area contributed by atoms with Gasteiger partial charge in [0.05, 0.1) is 32.4 Å². The summed E-state index contributed by atoms with van der Waals surface area (Å²) in [6.07, 6.45) is 0. The van der Waals surface area contributed by atoms with Crippen LogP contribution in [-0.4, -0.2) is 37.6 Å². The first-order valence-corrected chi connectivity index (χ1v) is 11.6. The number of rotatable bonds is 7. The van der Waals surface area contributed by atoms with Crippen molar-refractivity contribution in [3.05, 3.63) is 88.5 Å². The second-order valence-corrected chi connectivity index (χ2v) is 8.53. The molecule has 3 aromatic carbocycles. The maximum absolute atomic E-state index is 13.5. The summed E-state index contributed by atoms with van der Waals surface area (Å²) in [6, 6.07) is 16.7. The molecule has 1 saturated heterocycles. The van der Waals surface area contributed by atoms with Gasteiger partial charge in [-0.2, -0.15) is 0 Å². The molecule has 0 saturated carbocycles. The quantitative estimate of drug-likeness (QED) is 0.275. The Bertz CT molecular complexity index is 1340. The maximum atomic E-state index is 13.5. The van der Waals surface area contributed by atoms with Crippen LogP contribution in [0.1, 0.15) is 35.2 Å². The summed E-state index contributed by atoms with van der Waals surface area (Å²) in [5.41, 5.74) is 3.47. The van der Waals surface area contributed by atoms with Gasteiger partial charge in [0.2, 0.25) is 0 Å². The Labute approximate surface area is 210 Å². The van der Waals surface area contributed by atoms with Crippen LogP contribution in [0.5, 0.6) is 17.2 Å². The number of aliphatic hydroxyl groups is 1. The number of nitrogens with zero attached hydrogens (tertiary/aromatic N) is 1. The third-order valence-electron chi connectivity index (χ3n) is 6.22. The lowest BCUT2D eigenvalue weighted by Gasteiger charge is -2.27. The van der Waals surface area contributed by atoms with Gasteiger partial charge < -0.3 is 19.3 Å². The molecule has 3 aromatic rings. The number of carbonyl (C=O) groups is 2. The molecule has 0 bridgehead atoms. The lowest BCUT2D eigenvalue weighted by atomic mass is 9.94. The minimum absolute atomic E-state index is 0.00208. The number of ether oxygens (including phenoxy) is 3. The first-order chi connectivity index (χ1) is 17.3. The van der Waals surface area contributed by atoms with Crippen LogP contribution < -0.4 is 19.1 Å². The third kappa shape index (κ3) is 4.40. The molecule has 7 nitrogen and oxygen atoms in total. The van der Waals surface area contributed by atoms with Crippen LogP contribution in [0.2, 0.25) is 0 Å². The van der Waals surface area contributed by atoms with E-state index in [1.807, 2.05) is 39.0 Å². The average molecular weight is 488 g/mol. The van der Waals surface area contributed by atoms with E-state index in [1.54, 1.807) is 56.7 Å². The zero-order valence-electron chi connectivity index (χ0n) is 21.0. The summed E-state index contributed by atoms with van der Waals surface area (Å²) in [6.45, 7) is 6.12. The van der Waals surface area contributed by atoms with Crippen LogP contribution in [0.25, 0.3) is 5.76 Å². The third-order valence-corrected chi connectivity index (χ3v) is 6.22. The zero-order valence-corrected chi connectivity index (χ0v) is 21.0. The molecule has 1 aliphatic rings. The van der Waals surface area contributed by atoms with Gasteiger partial charge in [-0.15, -0.1) is 0 Å². The van der Waals surface area contributed by atoms with E-state index in [-0.39, 0.29) is 11.3 Å². The molecule has 1 fully saturated rings. The van der Waals surface area contributed by atoms with Crippen molar-refractivity contribution >= 4 is 23.1 Å². The minimum Gasteiger partial charge on any atom is -0.507 e. The Balaban J connectivity index is 1.97. The van der Waals surface area contributed by atoms with Gasteiger partial charge in [-0.1, -0.05) is 23.8 Å². The van der Waals surface area contributed by atoms with Gasteiger partial charge in [0.1, 0.15) is 11.5 Å². The molecule has 36 heavy (non-hydrogen) atoms. The van der Waals surface area contributed by atoms with Crippen LogP contribution in [-0.2, 0) is 9.59 Å². The van der Waals surface area contributed by atoms with Crippen molar-refractivity contribution < 1.29 is 28.9 Å². The van der Waals surface area contributed by atoms with Crippen LogP contribution in [0.3, 0.4) is 0 Å². The van der Waals surface area contributed by atoms with Gasteiger partial charge in [0, 0.05) is 11.3 Å². The molecular formula is C29H29NO6. The van der Waals surface area contributed by atoms with Crippen LogP contribution in [0.15, 0.2) is 66.2 Å².